The fourth-order valence-corrected chi connectivity index (χ4v) is 3.80. The van der Waals surface area contributed by atoms with Crippen LogP contribution < -0.4 is 9.47 Å². The molecular weight excluding hydrogens is 468 g/mol. The van der Waals surface area contributed by atoms with Gasteiger partial charge in [-0.05, 0) is 78.4 Å². The lowest BCUT2D eigenvalue weighted by Gasteiger charge is -2.14. The molecule has 4 rings (SSSR count). The van der Waals surface area contributed by atoms with E-state index in [2.05, 4.69) is 6.92 Å². The standard InChI is InChI=1S/C30H26F4O2/c1-20(14-16-35-25-10-12-27(29(33)18-25)21-2-6-23(31)7-3-21)15-17-36-26-11-13-28(30(34)19-26)22-4-8-24(32)9-5-22/h2-13,18-20H,14-17H2,1H3. The van der Waals surface area contributed by atoms with Gasteiger partial charge in [0.1, 0.15) is 34.8 Å². The highest BCUT2D eigenvalue weighted by atomic mass is 19.1. The van der Waals surface area contributed by atoms with Crippen molar-refractivity contribution >= 4 is 0 Å². The number of halogens is 4. The van der Waals surface area contributed by atoms with Crippen LogP contribution in [0.25, 0.3) is 22.3 Å². The maximum absolute atomic E-state index is 14.5. The Morgan fingerprint density at radius 3 is 1.31 bits per heavy atom. The molecule has 4 aromatic rings. The SMILES string of the molecule is CC(CCOc1ccc(-c2ccc(F)cc2)c(F)c1)CCOc1ccc(-c2ccc(F)cc2)c(F)c1. The minimum Gasteiger partial charge on any atom is -0.493 e. The van der Waals surface area contributed by atoms with E-state index in [1.807, 2.05) is 0 Å². The van der Waals surface area contributed by atoms with Crippen molar-refractivity contribution in [1.29, 1.82) is 0 Å². The number of hydrogen-bond donors (Lipinski definition) is 0. The Hall–Kier alpha value is -3.80. The predicted molar refractivity (Wildman–Crippen MR) is 133 cm³/mol. The maximum Gasteiger partial charge on any atom is 0.134 e. The molecule has 0 fully saturated rings. The molecule has 0 heterocycles. The van der Waals surface area contributed by atoms with Crippen LogP contribution in [-0.4, -0.2) is 13.2 Å². The molecule has 0 bridgehead atoms. The minimum atomic E-state index is -0.432. The van der Waals surface area contributed by atoms with Gasteiger partial charge in [0.15, 0.2) is 0 Å². The van der Waals surface area contributed by atoms with Crippen LogP contribution in [0.1, 0.15) is 19.8 Å². The van der Waals surface area contributed by atoms with E-state index in [4.69, 9.17) is 9.47 Å². The van der Waals surface area contributed by atoms with Crippen LogP contribution in [-0.2, 0) is 0 Å². The lowest BCUT2D eigenvalue weighted by Crippen LogP contribution is -2.09. The van der Waals surface area contributed by atoms with E-state index >= 15 is 0 Å². The molecule has 0 aliphatic heterocycles. The summed E-state index contributed by atoms with van der Waals surface area (Å²) in [6.45, 7) is 2.89. The molecule has 0 spiro atoms. The summed E-state index contributed by atoms with van der Waals surface area (Å²) in [7, 11) is 0. The zero-order valence-corrected chi connectivity index (χ0v) is 19.8. The summed E-state index contributed by atoms with van der Waals surface area (Å²) in [6.07, 6.45) is 1.48. The van der Waals surface area contributed by atoms with Crippen LogP contribution >= 0.6 is 0 Å². The van der Waals surface area contributed by atoms with Crippen LogP contribution in [0.5, 0.6) is 11.5 Å². The minimum absolute atomic E-state index is 0.275. The van der Waals surface area contributed by atoms with E-state index in [0.29, 0.717) is 47.0 Å². The van der Waals surface area contributed by atoms with Crippen molar-refractivity contribution in [2.24, 2.45) is 5.92 Å². The summed E-state index contributed by atoms with van der Waals surface area (Å²) in [5.41, 5.74) is 1.96. The van der Waals surface area contributed by atoms with Gasteiger partial charge in [0, 0.05) is 23.3 Å². The Morgan fingerprint density at radius 1 is 0.556 bits per heavy atom. The fraction of sp³-hybridized carbons (Fsp3) is 0.200. The summed E-state index contributed by atoms with van der Waals surface area (Å²) < 4.78 is 66.5. The van der Waals surface area contributed by atoms with Crippen molar-refractivity contribution in [2.75, 3.05) is 13.2 Å². The van der Waals surface area contributed by atoms with Crippen molar-refractivity contribution in [3.8, 4) is 33.8 Å². The highest BCUT2D eigenvalue weighted by molar-refractivity contribution is 5.65. The zero-order chi connectivity index (χ0) is 25.5. The van der Waals surface area contributed by atoms with Gasteiger partial charge in [0.25, 0.3) is 0 Å². The fourth-order valence-electron chi connectivity index (χ4n) is 3.80. The predicted octanol–water partition coefficient (Wildman–Crippen LogP) is 8.45. The third-order valence-electron chi connectivity index (χ3n) is 5.95. The summed E-state index contributed by atoms with van der Waals surface area (Å²) in [4.78, 5) is 0. The van der Waals surface area contributed by atoms with Gasteiger partial charge >= 0.3 is 0 Å². The van der Waals surface area contributed by atoms with E-state index in [1.165, 1.54) is 60.7 Å². The Morgan fingerprint density at radius 2 is 0.944 bits per heavy atom. The molecule has 0 N–H and O–H groups in total. The first-order valence-corrected chi connectivity index (χ1v) is 11.8. The average molecular weight is 495 g/mol. The first-order chi connectivity index (χ1) is 17.4. The van der Waals surface area contributed by atoms with Crippen LogP contribution in [0.4, 0.5) is 17.6 Å². The normalized spacial score (nSPS) is 11.1. The summed E-state index contributed by atoms with van der Waals surface area (Å²) in [5, 5.41) is 0. The molecular formula is C30H26F4O2. The van der Waals surface area contributed by atoms with E-state index in [1.54, 1.807) is 24.3 Å². The highest BCUT2D eigenvalue weighted by Gasteiger charge is 2.10. The van der Waals surface area contributed by atoms with E-state index in [9.17, 15) is 17.6 Å². The second-order valence-corrected chi connectivity index (χ2v) is 8.68. The summed E-state index contributed by atoms with van der Waals surface area (Å²) >= 11 is 0. The van der Waals surface area contributed by atoms with Gasteiger partial charge in [-0.1, -0.05) is 31.2 Å². The van der Waals surface area contributed by atoms with E-state index in [0.717, 1.165) is 12.8 Å². The van der Waals surface area contributed by atoms with Crippen LogP contribution in [0.3, 0.4) is 0 Å². The number of benzene rings is 4. The molecule has 186 valence electrons. The second-order valence-electron chi connectivity index (χ2n) is 8.68. The molecule has 2 nitrogen and oxygen atoms in total. The average Bonchev–Trinajstić information content (AvgIpc) is 2.86. The molecule has 0 aliphatic carbocycles. The van der Waals surface area contributed by atoms with Crippen LogP contribution in [0.15, 0.2) is 84.9 Å². The van der Waals surface area contributed by atoms with Gasteiger partial charge in [-0.2, -0.15) is 0 Å². The molecule has 6 heteroatoms. The Balaban J connectivity index is 1.21. The smallest absolute Gasteiger partial charge is 0.134 e. The molecule has 0 atom stereocenters. The van der Waals surface area contributed by atoms with Crippen LogP contribution in [0, 0.1) is 29.2 Å². The summed E-state index contributed by atoms with van der Waals surface area (Å²) in [5.74, 6) is -0.471. The van der Waals surface area contributed by atoms with Gasteiger partial charge in [-0.3, -0.25) is 0 Å². The van der Waals surface area contributed by atoms with Gasteiger partial charge in [0.2, 0.25) is 0 Å². The lowest BCUT2D eigenvalue weighted by molar-refractivity contribution is 0.244. The molecule has 0 amide bonds. The van der Waals surface area contributed by atoms with Crippen molar-refractivity contribution in [3.05, 3.63) is 108 Å². The van der Waals surface area contributed by atoms with E-state index < -0.39 is 11.6 Å². The van der Waals surface area contributed by atoms with E-state index in [-0.39, 0.29) is 17.6 Å². The number of ether oxygens (including phenoxy) is 2. The molecule has 0 unspecified atom stereocenters. The second kappa shape index (κ2) is 11.8. The molecule has 4 aromatic carbocycles. The van der Waals surface area contributed by atoms with Crippen molar-refractivity contribution in [2.45, 2.75) is 19.8 Å². The Bertz CT molecular complexity index is 1190. The molecule has 0 aliphatic rings. The van der Waals surface area contributed by atoms with Crippen LogP contribution in [0.2, 0.25) is 0 Å². The third-order valence-corrected chi connectivity index (χ3v) is 5.95. The van der Waals surface area contributed by atoms with Gasteiger partial charge in [-0.25, -0.2) is 17.6 Å². The van der Waals surface area contributed by atoms with Crippen molar-refractivity contribution in [1.82, 2.24) is 0 Å². The van der Waals surface area contributed by atoms with Gasteiger partial charge in [0.05, 0.1) is 13.2 Å². The molecule has 0 radical (unpaired) electrons. The Kier molecular flexibility index (Phi) is 8.26. The Labute approximate surface area is 208 Å². The molecule has 36 heavy (non-hydrogen) atoms. The largest absolute Gasteiger partial charge is 0.493 e. The monoisotopic (exact) mass is 494 g/mol. The highest BCUT2D eigenvalue weighted by Crippen LogP contribution is 2.28. The van der Waals surface area contributed by atoms with Crippen molar-refractivity contribution in [3.63, 3.8) is 0 Å². The first kappa shape index (κ1) is 25.3. The molecule has 0 aromatic heterocycles. The topological polar surface area (TPSA) is 18.5 Å². The number of hydrogen-bond acceptors (Lipinski definition) is 2. The quantitative estimate of drug-likeness (QED) is 0.206. The maximum atomic E-state index is 14.5. The lowest BCUT2D eigenvalue weighted by atomic mass is 10.0. The number of rotatable bonds is 10. The van der Waals surface area contributed by atoms with Gasteiger partial charge in [-0.15, -0.1) is 0 Å². The molecule has 0 saturated heterocycles. The summed E-state index contributed by atoms with van der Waals surface area (Å²) in [6, 6.07) is 20.6. The third kappa shape index (κ3) is 6.66. The first-order valence-electron chi connectivity index (χ1n) is 11.8. The van der Waals surface area contributed by atoms with Crippen molar-refractivity contribution < 1.29 is 27.0 Å². The van der Waals surface area contributed by atoms with Gasteiger partial charge < -0.3 is 9.47 Å². The molecule has 0 saturated carbocycles. The zero-order valence-electron chi connectivity index (χ0n) is 19.8.